The zero-order valence-corrected chi connectivity index (χ0v) is 19.0. The summed E-state index contributed by atoms with van der Waals surface area (Å²) in [5.74, 6) is -0.436. The molecule has 1 N–H and O–H groups in total. The summed E-state index contributed by atoms with van der Waals surface area (Å²) in [6.45, 7) is 6.97. The van der Waals surface area contributed by atoms with Crippen LogP contribution in [0.3, 0.4) is 0 Å². The molecule has 3 heterocycles. The predicted molar refractivity (Wildman–Crippen MR) is 130 cm³/mol. The molecule has 3 aliphatic heterocycles. The zero-order chi connectivity index (χ0) is 22.6. The molecule has 0 radical (unpaired) electrons. The lowest BCUT2D eigenvalue weighted by Crippen LogP contribution is -2.35. The van der Waals surface area contributed by atoms with E-state index in [2.05, 4.69) is 39.4 Å². The van der Waals surface area contributed by atoms with Gasteiger partial charge in [-0.25, -0.2) is 0 Å². The lowest BCUT2D eigenvalue weighted by atomic mass is 10.1. The largest absolute Gasteiger partial charge is 0.379 e. The van der Waals surface area contributed by atoms with Gasteiger partial charge in [-0.3, -0.25) is 14.5 Å². The van der Waals surface area contributed by atoms with Crippen LogP contribution in [0.2, 0.25) is 0 Å². The van der Waals surface area contributed by atoms with Crippen molar-refractivity contribution in [1.29, 1.82) is 0 Å². The second-order valence-corrected chi connectivity index (χ2v) is 9.19. The maximum absolute atomic E-state index is 12.8. The maximum atomic E-state index is 12.8. The molecule has 5 rings (SSSR count). The Labute approximate surface area is 195 Å². The van der Waals surface area contributed by atoms with Crippen LogP contribution in [0.1, 0.15) is 24.8 Å². The molecule has 0 aliphatic carbocycles. The van der Waals surface area contributed by atoms with Gasteiger partial charge in [-0.2, -0.15) is 0 Å². The Hall–Kier alpha value is -2.90. The van der Waals surface area contributed by atoms with Gasteiger partial charge < -0.3 is 19.9 Å². The second kappa shape index (κ2) is 9.93. The lowest BCUT2D eigenvalue weighted by Gasteiger charge is -2.26. The van der Waals surface area contributed by atoms with Gasteiger partial charge in [0, 0.05) is 62.8 Å². The molecule has 1 unspecified atom stereocenters. The van der Waals surface area contributed by atoms with Crippen LogP contribution in [0.25, 0.3) is 0 Å². The average molecular weight is 449 g/mol. The standard InChI is InChI=1S/C26H32N4O3/c31-25-17-21(19-30(25)24-9-7-23(8-10-24)29-11-1-2-12-29)26(32)27-22-5-3-20(4-6-22)18-28-13-15-33-16-14-28/h3-10,21H,1-2,11-19H2,(H,27,32). The molecule has 3 fully saturated rings. The van der Waals surface area contributed by atoms with Crippen molar-refractivity contribution in [1.82, 2.24) is 4.90 Å². The molecule has 33 heavy (non-hydrogen) atoms. The summed E-state index contributed by atoms with van der Waals surface area (Å²) in [4.78, 5) is 32.0. The normalized spacial score (nSPS) is 21.6. The van der Waals surface area contributed by atoms with Gasteiger partial charge in [0.15, 0.2) is 0 Å². The van der Waals surface area contributed by atoms with Gasteiger partial charge in [-0.15, -0.1) is 0 Å². The maximum Gasteiger partial charge on any atom is 0.229 e. The molecule has 0 saturated carbocycles. The van der Waals surface area contributed by atoms with E-state index in [-0.39, 0.29) is 24.2 Å². The third-order valence-electron chi connectivity index (χ3n) is 6.86. The Kier molecular flexibility index (Phi) is 6.60. The van der Waals surface area contributed by atoms with Crippen LogP contribution in [-0.4, -0.2) is 62.7 Å². The number of hydrogen-bond acceptors (Lipinski definition) is 5. The fraction of sp³-hybridized carbons (Fsp3) is 0.462. The summed E-state index contributed by atoms with van der Waals surface area (Å²) >= 11 is 0. The third-order valence-corrected chi connectivity index (χ3v) is 6.86. The smallest absolute Gasteiger partial charge is 0.229 e. The molecule has 7 nitrogen and oxygen atoms in total. The summed E-state index contributed by atoms with van der Waals surface area (Å²) in [5, 5.41) is 3.00. The average Bonchev–Trinajstić information content (AvgIpc) is 3.51. The number of nitrogens with zero attached hydrogens (tertiary/aromatic N) is 3. The molecule has 2 aromatic rings. The first-order valence-corrected chi connectivity index (χ1v) is 12.0. The van der Waals surface area contributed by atoms with Gasteiger partial charge in [-0.1, -0.05) is 12.1 Å². The van der Waals surface area contributed by atoms with Crippen molar-refractivity contribution in [2.75, 3.05) is 61.1 Å². The van der Waals surface area contributed by atoms with Gasteiger partial charge in [-0.05, 0) is 54.8 Å². The molecule has 2 amide bonds. The second-order valence-electron chi connectivity index (χ2n) is 9.19. The third kappa shape index (κ3) is 5.20. The molecule has 3 saturated heterocycles. The van der Waals surface area contributed by atoms with Crippen LogP contribution >= 0.6 is 0 Å². The van der Waals surface area contributed by atoms with E-state index >= 15 is 0 Å². The fourth-order valence-corrected chi connectivity index (χ4v) is 4.91. The number of hydrogen-bond donors (Lipinski definition) is 1. The minimum atomic E-state index is -0.344. The Balaban J connectivity index is 1.15. The summed E-state index contributed by atoms with van der Waals surface area (Å²) in [6.07, 6.45) is 2.72. The SMILES string of the molecule is O=C(Nc1ccc(CN2CCOCC2)cc1)C1CC(=O)N(c2ccc(N3CCCC3)cc2)C1. The number of morpholine rings is 1. The van der Waals surface area contributed by atoms with Crippen molar-refractivity contribution < 1.29 is 14.3 Å². The van der Waals surface area contributed by atoms with Crippen LogP contribution in [0.15, 0.2) is 48.5 Å². The van der Waals surface area contributed by atoms with Crippen LogP contribution < -0.4 is 15.1 Å². The van der Waals surface area contributed by atoms with Crippen molar-refractivity contribution >= 4 is 28.9 Å². The van der Waals surface area contributed by atoms with Gasteiger partial charge >= 0.3 is 0 Å². The molecule has 2 aromatic carbocycles. The highest BCUT2D eigenvalue weighted by Crippen LogP contribution is 2.29. The number of rotatable bonds is 6. The Morgan fingerprint density at radius 1 is 0.909 bits per heavy atom. The molecule has 3 aliphatic rings. The van der Waals surface area contributed by atoms with E-state index in [9.17, 15) is 9.59 Å². The first-order valence-electron chi connectivity index (χ1n) is 12.0. The van der Waals surface area contributed by atoms with Crippen molar-refractivity contribution in [3.05, 3.63) is 54.1 Å². The number of benzene rings is 2. The quantitative estimate of drug-likeness (QED) is 0.736. The monoisotopic (exact) mass is 448 g/mol. The van der Waals surface area contributed by atoms with E-state index in [0.717, 1.165) is 57.3 Å². The van der Waals surface area contributed by atoms with Gasteiger partial charge in [0.05, 0.1) is 19.1 Å². The summed E-state index contributed by atoms with van der Waals surface area (Å²) in [5.41, 5.74) is 4.06. The van der Waals surface area contributed by atoms with Crippen LogP contribution in [-0.2, 0) is 20.9 Å². The van der Waals surface area contributed by atoms with Crippen LogP contribution in [0.5, 0.6) is 0 Å². The zero-order valence-electron chi connectivity index (χ0n) is 19.0. The van der Waals surface area contributed by atoms with E-state index in [1.54, 1.807) is 4.90 Å². The molecule has 1 atom stereocenters. The number of ether oxygens (including phenoxy) is 1. The highest BCUT2D eigenvalue weighted by molar-refractivity contribution is 6.03. The fourth-order valence-electron chi connectivity index (χ4n) is 4.91. The molecule has 0 bridgehead atoms. The van der Waals surface area contributed by atoms with Crippen molar-refractivity contribution in [2.45, 2.75) is 25.8 Å². The van der Waals surface area contributed by atoms with E-state index in [1.165, 1.54) is 24.1 Å². The predicted octanol–water partition coefficient (Wildman–Crippen LogP) is 3.11. The minimum Gasteiger partial charge on any atom is -0.379 e. The molecular formula is C26H32N4O3. The van der Waals surface area contributed by atoms with Crippen LogP contribution in [0, 0.1) is 5.92 Å². The molecule has 0 aromatic heterocycles. The Bertz CT molecular complexity index is 964. The van der Waals surface area contributed by atoms with Gasteiger partial charge in [0.25, 0.3) is 0 Å². The summed E-state index contributed by atoms with van der Waals surface area (Å²) in [6, 6.07) is 16.2. The highest BCUT2D eigenvalue weighted by Gasteiger charge is 2.35. The Morgan fingerprint density at radius 3 is 2.27 bits per heavy atom. The summed E-state index contributed by atoms with van der Waals surface area (Å²) in [7, 11) is 0. The Morgan fingerprint density at radius 2 is 1.58 bits per heavy atom. The minimum absolute atomic E-state index is 0.00457. The highest BCUT2D eigenvalue weighted by atomic mass is 16.5. The van der Waals surface area contributed by atoms with E-state index in [4.69, 9.17) is 4.74 Å². The van der Waals surface area contributed by atoms with Crippen molar-refractivity contribution in [3.63, 3.8) is 0 Å². The number of carbonyl (C=O) groups is 2. The molecule has 7 heteroatoms. The van der Waals surface area contributed by atoms with Gasteiger partial charge in [0.1, 0.15) is 0 Å². The van der Waals surface area contributed by atoms with Crippen molar-refractivity contribution in [2.24, 2.45) is 5.92 Å². The van der Waals surface area contributed by atoms with E-state index < -0.39 is 0 Å². The molecule has 174 valence electrons. The topological polar surface area (TPSA) is 65.1 Å². The summed E-state index contributed by atoms with van der Waals surface area (Å²) < 4.78 is 5.40. The first kappa shape index (κ1) is 21.9. The number of nitrogens with one attached hydrogen (secondary N) is 1. The van der Waals surface area contributed by atoms with Crippen LogP contribution in [0.4, 0.5) is 17.1 Å². The molecular weight excluding hydrogens is 416 g/mol. The first-order chi connectivity index (χ1) is 16.2. The van der Waals surface area contributed by atoms with E-state index in [0.29, 0.717) is 6.54 Å². The number of carbonyl (C=O) groups excluding carboxylic acids is 2. The lowest BCUT2D eigenvalue weighted by molar-refractivity contribution is -0.122. The van der Waals surface area contributed by atoms with Crippen molar-refractivity contribution in [3.8, 4) is 0 Å². The van der Waals surface area contributed by atoms with Gasteiger partial charge in [0.2, 0.25) is 11.8 Å². The number of anilines is 3. The molecule has 0 spiro atoms. The van der Waals surface area contributed by atoms with E-state index in [1.807, 2.05) is 24.3 Å². The number of amides is 2.